The number of nitrogens with zero attached hydrogens (tertiary/aromatic N) is 2. The smallest absolute Gasteiger partial charge is 0.338 e. The van der Waals surface area contributed by atoms with E-state index in [9.17, 15) is 20.1 Å². The minimum absolute atomic E-state index is 0.261. The van der Waals surface area contributed by atoms with Crippen molar-refractivity contribution >= 4 is 52.3 Å². The molecule has 1 fully saturated rings. The molecular formula is C52H42N4O7. The molecule has 0 amide bonds. The van der Waals surface area contributed by atoms with Crippen LogP contribution in [0.15, 0.2) is 140 Å². The van der Waals surface area contributed by atoms with Crippen molar-refractivity contribution in [3.63, 3.8) is 0 Å². The Bertz CT molecular complexity index is 3010. The first-order valence-electron chi connectivity index (χ1n) is 20.7. The molecule has 7 aromatic rings. The van der Waals surface area contributed by atoms with E-state index in [0.717, 1.165) is 83.7 Å². The number of carbonyl (C=O) groups excluding carboxylic acids is 1. The number of aliphatic hydroxyl groups is 3. The van der Waals surface area contributed by atoms with Gasteiger partial charge in [0.15, 0.2) is 6.29 Å². The molecule has 8 bridgehead atoms. The predicted molar refractivity (Wildman–Crippen MR) is 245 cm³/mol. The Hall–Kier alpha value is -7.25. The molecule has 4 aromatic carbocycles. The lowest BCUT2D eigenvalue weighted by atomic mass is 9.99. The fraction of sp³-hybridized carbons (Fsp3) is 0.135. The molecule has 11 nitrogen and oxygen atoms in total. The highest BCUT2D eigenvalue weighted by molar-refractivity contribution is 6.00. The molecule has 0 radical (unpaired) electrons. The summed E-state index contributed by atoms with van der Waals surface area (Å²) < 4.78 is 16.2. The minimum atomic E-state index is -1.54. The summed E-state index contributed by atoms with van der Waals surface area (Å²) in [6, 6.07) is 46.1. The van der Waals surface area contributed by atoms with Crippen LogP contribution in [0, 0.1) is 0 Å². The van der Waals surface area contributed by atoms with Crippen LogP contribution in [-0.2, 0) is 14.2 Å². The van der Waals surface area contributed by atoms with Crippen LogP contribution in [-0.4, -0.2) is 85.6 Å². The number of hydrogen-bond acceptors (Lipinski definition) is 9. The molecule has 3 aliphatic rings. The molecule has 1 saturated heterocycles. The topological polar surface area (TPSA) is 163 Å². The lowest BCUT2D eigenvalue weighted by molar-refractivity contribution is -0.294. The van der Waals surface area contributed by atoms with Gasteiger partial charge in [0.25, 0.3) is 0 Å². The molecule has 5 atom stereocenters. The van der Waals surface area contributed by atoms with Crippen molar-refractivity contribution in [1.82, 2.24) is 19.9 Å². The van der Waals surface area contributed by atoms with E-state index in [1.54, 1.807) is 12.1 Å². The molecule has 11 heteroatoms. The zero-order valence-electron chi connectivity index (χ0n) is 34.1. The number of aromatic amines is 2. The largest absolute Gasteiger partial charge is 0.459 e. The van der Waals surface area contributed by atoms with E-state index >= 15 is 0 Å². The van der Waals surface area contributed by atoms with E-state index in [1.807, 2.05) is 84.9 Å². The lowest BCUT2D eigenvalue weighted by Gasteiger charge is -2.39. The molecule has 312 valence electrons. The Morgan fingerprint density at radius 1 is 0.524 bits per heavy atom. The third kappa shape index (κ3) is 7.58. The van der Waals surface area contributed by atoms with Gasteiger partial charge in [0.1, 0.15) is 31.0 Å². The number of hydrogen-bond donors (Lipinski definition) is 5. The third-order valence-corrected chi connectivity index (χ3v) is 11.6. The Morgan fingerprint density at radius 2 is 0.905 bits per heavy atom. The highest BCUT2D eigenvalue weighted by atomic mass is 16.7. The number of carbonyl (C=O) groups is 1. The normalized spacial score (nSPS) is 19.3. The number of aromatic nitrogens is 4. The second kappa shape index (κ2) is 16.9. The third-order valence-electron chi connectivity index (χ3n) is 11.6. The van der Waals surface area contributed by atoms with Crippen molar-refractivity contribution in [1.29, 1.82) is 0 Å². The lowest BCUT2D eigenvalue weighted by Crippen LogP contribution is -2.59. The second-order valence-electron chi connectivity index (χ2n) is 15.5. The van der Waals surface area contributed by atoms with Gasteiger partial charge in [-0.15, -0.1) is 0 Å². The average Bonchev–Trinajstić information content (AvgIpc) is 4.18. The fourth-order valence-corrected chi connectivity index (χ4v) is 8.50. The molecule has 0 spiro atoms. The number of H-pyrrole nitrogens is 2. The molecule has 10 rings (SSSR count). The average molecular weight is 835 g/mol. The van der Waals surface area contributed by atoms with Gasteiger partial charge in [-0.05, 0) is 83.0 Å². The minimum Gasteiger partial charge on any atom is -0.459 e. The molecule has 0 saturated carbocycles. The number of aliphatic hydroxyl groups excluding tert-OH is 3. The summed E-state index contributed by atoms with van der Waals surface area (Å²) in [6.07, 6.45) is 1.40. The number of fused-ring (bicyclic) bond motifs is 8. The summed E-state index contributed by atoms with van der Waals surface area (Å²) >= 11 is 0. The Kier molecular flexibility index (Phi) is 10.7. The van der Waals surface area contributed by atoms with Crippen LogP contribution in [0.2, 0.25) is 0 Å². The van der Waals surface area contributed by atoms with Crippen molar-refractivity contribution in [2.45, 2.75) is 30.7 Å². The first-order valence-corrected chi connectivity index (χ1v) is 20.7. The fourth-order valence-electron chi connectivity index (χ4n) is 8.50. The van der Waals surface area contributed by atoms with Crippen LogP contribution in [0.4, 0.5) is 0 Å². The molecule has 3 aliphatic heterocycles. The van der Waals surface area contributed by atoms with E-state index in [4.69, 9.17) is 24.2 Å². The van der Waals surface area contributed by atoms with E-state index in [-0.39, 0.29) is 12.2 Å². The zero-order chi connectivity index (χ0) is 43.0. The molecule has 6 heterocycles. The summed E-state index contributed by atoms with van der Waals surface area (Å²) in [4.78, 5) is 31.5. The van der Waals surface area contributed by atoms with Crippen molar-refractivity contribution in [3.8, 4) is 44.5 Å². The van der Waals surface area contributed by atoms with Crippen LogP contribution in [0.1, 0.15) is 33.1 Å². The second-order valence-corrected chi connectivity index (χ2v) is 15.5. The van der Waals surface area contributed by atoms with Gasteiger partial charge in [0, 0.05) is 51.4 Å². The number of rotatable bonds is 8. The first-order chi connectivity index (χ1) is 30.8. The van der Waals surface area contributed by atoms with Crippen molar-refractivity contribution < 1.29 is 34.3 Å². The number of nitrogens with one attached hydrogen (secondary N) is 2. The summed E-state index contributed by atoms with van der Waals surface area (Å²) in [5.74, 6) is -0.658. The SMILES string of the molecule is CO[C@H]1O[C@H](COC(=O)c2ccc(-c3c4nc(c(-c5ccccc5)c5ccc([nH]5)c(-c5ccccc5)c5nc(c(-c6ccccc6)c6ccc3[nH]6)C=C5)C=C4)cc2)[C@H](O)[C@H](O)[C@H]1O. The summed E-state index contributed by atoms with van der Waals surface area (Å²) in [6.45, 7) is -0.373. The number of methoxy groups -OCH3 is 1. The molecule has 3 aromatic heterocycles. The van der Waals surface area contributed by atoms with Gasteiger partial charge in [0.2, 0.25) is 0 Å². The zero-order valence-corrected chi connectivity index (χ0v) is 34.1. The van der Waals surface area contributed by atoms with E-state index in [0.29, 0.717) is 5.69 Å². The summed E-state index contributed by atoms with van der Waals surface area (Å²) in [7, 11) is 1.31. The highest BCUT2D eigenvalue weighted by Gasteiger charge is 2.44. The van der Waals surface area contributed by atoms with Gasteiger partial charge < -0.3 is 39.5 Å². The maximum atomic E-state index is 13.3. The standard InChI is InChI=1S/C52H42N4O7/c1-61-52-50(59)49(58)48(57)43(63-52)29-62-51(60)34-19-17-33(18-20-34)47-41-27-25-39(55-41)45(31-13-7-3-8-14-31)37-23-21-35(53-37)44(30-11-5-2-6-12-30)36-22-24-38(54-36)46(32-15-9-4-10-16-32)40-26-28-42(47)56-40/h2-28,43,48-50,52-53,56-59H,29H2,1H3/t43-,48+,49+,50-,52+/m1/s1. The quantitative estimate of drug-likeness (QED) is 0.0941. The van der Waals surface area contributed by atoms with Gasteiger partial charge >= 0.3 is 5.97 Å². The summed E-state index contributed by atoms with van der Waals surface area (Å²) in [5, 5.41) is 30.9. The van der Waals surface area contributed by atoms with Crippen LogP contribution in [0.25, 0.3) is 90.9 Å². The van der Waals surface area contributed by atoms with Crippen molar-refractivity contribution in [3.05, 3.63) is 168 Å². The maximum Gasteiger partial charge on any atom is 0.338 e. The van der Waals surface area contributed by atoms with E-state index in [2.05, 4.69) is 76.7 Å². The van der Waals surface area contributed by atoms with Crippen LogP contribution in [0.5, 0.6) is 0 Å². The van der Waals surface area contributed by atoms with Gasteiger partial charge in [-0.3, -0.25) is 0 Å². The first kappa shape index (κ1) is 39.9. The molecule has 63 heavy (non-hydrogen) atoms. The van der Waals surface area contributed by atoms with E-state index < -0.39 is 36.7 Å². The van der Waals surface area contributed by atoms with Gasteiger partial charge in [-0.2, -0.15) is 0 Å². The van der Waals surface area contributed by atoms with Crippen LogP contribution in [0.3, 0.4) is 0 Å². The summed E-state index contributed by atoms with van der Waals surface area (Å²) in [5.41, 5.74) is 14.3. The Labute approximate surface area is 362 Å². The van der Waals surface area contributed by atoms with Crippen molar-refractivity contribution in [2.75, 3.05) is 13.7 Å². The highest BCUT2D eigenvalue weighted by Crippen LogP contribution is 2.38. The Morgan fingerprint density at radius 3 is 1.29 bits per heavy atom. The van der Waals surface area contributed by atoms with Crippen LogP contribution >= 0.6 is 0 Å². The molecule has 0 aliphatic carbocycles. The predicted octanol–water partition coefficient (Wildman–Crippen LogP) is 8.93. The maximum absolute atomic E-state index is 13.3. The Balaban J connectivity index is 1.16. The molecule has 5 N–H and O–H groups in total. The van der Waals surface area contributed by atoms with E-state index in [1.165, 1.54) is 7.11 Å². The van der Waals surface area contributed by atoms with Crippen molar-refractivity contribution in [2.24, 2.45) is 0 Å². The molecule has 0 unspecified atom stereocenters. The van der Waals surface area contributed by atoms with Crippen LogP contribution < -0.4 is 0 Å². The van der Waals surface area contributed by atoms with Gasteiger partial charge in [-0.1, -0.05) is 103 Å². The number of esters is 1. The monoisotopic (exact) mass is 834 g/mol. The number of benzene rings is 4. The van der Waals surface area contributed by atoms with Gasteiger partial charge in [-0.25, -0.2) is 14.8 Å². The number of ether oxygens (including phenoxy) is 3. The van der Waals surface area contributed by atoms with Gasteiger partial charge in [0.05, 0.1) is 28.3 Å². The molecular weight excluding hydrogens is 793 g/mol.